The topological polar surface area (TPSA) is 29.1 Å². The highest BCUT2D eigenvalue weighted by Gasteiger charge is 2.43. The van der Waals surface area contributed by atoms with Crippen molar-refractivity contribution in [2.24, 2.45) is 5.92 Å². The molecule has 0 heterocycles. The maximum absolute atomic E-state index is 12.8. The summed E-state index contributed by atoms with van der Waals surface area (Å²) in [5.74, 6) is -0.0470. The fraction of sp³-hybridized carbons (Fsp3) is 0.125. The summed E-state index contributed by atoms with van der Waals surface area (Å²) in [6, 6.07) is 30.7. The molecule has 0 bridgehead atoms. The number of carbonyl (C=O) groups excluding carboxylic acids is 1. The molecule has 2 heteroatoms. The van der Waals surface area contributed by atoms with Gasteiger partial charge in [-0.1, -0.05) is 91.0 Å². The summed E-state index contributed by atoms with van der Waals surface area (Å²) in [5.41, 5.74) is 5.80. The molecule has 1 amide bonds. The first-order valence-corrected chi connectivity index (χ1v) is 9.01. The highest BCUT2D eigenvalue weighted by Crippen LogP contribution is 2.53. The van der Waals surface area contributed by atoms with Gasteiger partial charge in [-0.05, 0) is 34.3 Å². The van der Waals surface area contributed by atoms with Gasteiger partial charge in [0.15, 0.2) is 0 Å². The lowest BCUT2D eigenvalue weighted by molar-refractivity contribution is -0.121. The first kappa shape index (κ1) is 16.3. The van der Waals surface area contributed by atoms with Crippen molar-refractivity contribution >= 4 is 17.1 Å². The van der Waals surface area contributed by atoms with E-state index in [1.54, 1.807) is 0 Å². The Kier molecular flexibility index (Phi) is 4.65. The van der Waals surface area contributed by atoms with Crippen LogP contribution in [0.15, 0.2) is 91.0 Å². The fourth-order valence-corrected chi connectivity index (χ4v) is 3.44. The van der Waals surface area contributed by atoms with Crippen LogP contribution in [-0.2, 0) is 11.2 Å². The van der Waals surface area contributed by atoms with Crippen LogP contribution in [0.2, 0.25) is 0 Å². The predicted molar refractivity (Wildman–Crippen MR) is 106 cm³/mol. The van der Waals surface area contributed by atoms with E-state index in [9.17, 15) is 4.79 Å². The van der Waals surface area contributed by atoms with E-state index < -0.39 is 0 Å². The van der Waals surface area contributed by atoms with Crippen LogP contribution < -0.4 is 5.32 Å². The molecule has 0 unspecified atom stereocenters. The summed E-state index contributed by atoms with van der Waals surface area (Å²) in [6.07, 6.45) is 0.848. The molecule has 26 heavy (non-hydrogen) atoms. The smallest absolute Gasteiger partial charge is 0.232 e. The van der Waals surface area contributed by atoms with Crippen LogP contribution in [0.1, 0.15) is 16.7 Å². The zero-order valence-corrected chi connectivity index (χ0v) is 14.6. The van der Waals surface area contributed by atoms with E-state index in [2.05, 4.69) is 41.7 Å². The molecule has 0 spiro atoms. The Hall–Kier alpha value is -3.13. The van der Waals surface area contributed by atoms with E-state index in [4.69, 9.17) is 0 Å². The highest BCUT2D eigenvalue weighted by molar-refractivity contribution is 6.23. The van der Waals surface area contributed by atoms with Gasteiger partial charge in [0.2, 0.25) is 5.91 Å². The van der Waals surface area contributed by atoms with Gasteiger partial charge in [0.25, 0.3) is 0 Å². The molecular weight excluding hydrogens is 318 g/mol. The standard InChI is InChI=1S/C24H21NO/c26-24(25-17-16-18-10-4-1-5-11-18)23-21(19-12-6-2-7-13-19)22(23)20-14-8-3-9-15-20/h1-15,23H,16-17H2,(H,25,26). The molecule has 128 valence electrons. The third-order valence-electron chi connectivity index (χ3n) is 4.77. The van der Waals surface area contributed by atoms with Crippen LogP contribution in [0.25, 0.3) is 11.1 Å². The van der Waals surface area contributed by atoms with Crippen molar-refractivity contribution in [2.45, 2.75) is 6.42 Å². The Balaban J connectivity index is 1.48. The average Bonchev–Trinajstić information content (AvgIpc) is 3.46. The van der Waals surface area contributed by atoms with E-state index in [1.165, 1.54) is 5.56 Å². The third kappa shape index (κ3) is 3.45. The number of rotatable bonds is 6. The largest absolute Gasteiger partial charge is 0.355 e. The van der Waals surface area contributed by atoms with Gasteiger partial charge in [-0.3, -0.25) is 4.79 Å². The van der Waals surface area contributed by atoms with E-state index in [0.29, 0.717) is 6.54 Å². The summed E-state index contributed by atoms with van der Waals surface area (Å²) in [4.78, 5) is 12.8. The molecule has 3 aromatic carbocycles. The van der Waals surface area contributed by atoms with Gasteiger partial charge in [-0.25, -0.2) is 0 Å². The monoisotopic (exact) mass is 339 g/mol. The molecule has 0 saturated heterocycles. The zero-order chi connectivity index (χ0) is 17.8. The molecule has 0 aliphatic heterocycles. The summed E-state index contributed by atoms with van der Waals surface area (Å²) >= 11 is 0. The average molecular weight is 339 g/mol. The van der Waals surface area contributed by atoms with Gasteiger partial charge < -0.3 is 5.32 Å². The number of carbonyl (C=O) groups is 1. The number of amides is 1. The minimum Gasteiger partial charge on any atom is -0.355 e. The first-order valence-electron chi connectivity index (χ1n) is 9.01. The SMILES string of the molecule is O=C(NCCc1ccccc1)C1C(c2ccccc2)=C1c1ccccc1. The van der Waals surface area contributed by atoms with E-state index >= 15 is 0 Å². The maximum atomic E-state index is 12.8. The molecule has 1 aliphatic carbocycles. The van der Waals surface area contributed by atoms with Crippen LogP contribution in [0.4, 0.5) is 0 Å². The second-order valence-electron chi connectivity index (χ2n) is 6.52. The van der Waals surface area contributed by atoms with Crippen molar-refractivity contribution in [1.82, 2.24) is 5.32 Å². The van der Waals surface area contributed by atoms with Gasteiger partial charge in [0.05, 0.1) is 5.92 Å². The van der Waals surface area contributed by atoms with Gasteiger partial charge in [-0.2, -0.15) is 0 Å². The van der Waals surface area contributed by atoms with Crippen molar-refractivity contribution in [3.63, 3.8) is 0 Å². The van der Waals surface area contributed by atoms with Gasteiger partial charge in [0, 0.05) is 6.54 Å². The number of benzene rings is 3. The highest BCUT2D eigenvalue weighted by atomic mass is 16.2. The first-order chi connectivity index (χ1) is 12.8. The number of nitrogens with one attached hydrogen (secondary N) is 1. The predicted octanol–water partition coefficient (Wildman–Crippen LogP) is 4.59. The molecule has 0 radical (unpaired) electrons. The molecule has 1 aliphatic rings. The van der Waals surface area contributed by atoms with Crippen molar-refractivity contribution in [3.05, 3.63) is 108 Å². The Morgan fingerprint density at radius 2 is 1.15 bits per heavy atom. The van der Waals surface area contributed by atoms with Crippen molar-refractivity contribution in [1.29, 1.82) is 0 Å². The van der Waals surface area contributed by atoms with E-state index in [-0.39, 0.29) is 11.8 Å². The van der Waals surface area contributed by atoms with Crippen LogP contribution in [-0.4, -0.2) is 12.5 Å². The Morgan fingerprint density at radius 3 is 1.65 bits per heavy atom. The Bertz CT molecular complexity index is 865. The summed E-state index contributed by atoms with van der Waals surface area (Å²) in [6.45, 7) is 0.656. The lowest BCUT2D eigenvalue weighted by Gasteiger charge is -2.06. The zero-order valence-electron chi connectivity index (χ0n) is 14.6. The van der Waals surface area contributed by atoms with Crippen molar-refractivity contribution in [3.8, 4) is 0 Å². The van der Waals surface area contributed by atoms with Crippen LogP contribution in [0.5, 0.6) is 0 Å². The Morgan fingerprint density at radius 1 is 0.692 bits per heavy atom. The third-order valence-corrected chi connectivity index (χ3v) is 4.77. The normalized spacial score (nSPS) is 13.5. The summed E-state index contributed by atoms with van der Waals surface area (Å²) in [7, 11) is 0. The van der Waals surface area contributed by atoms with Crippen LogP contribution in [0, 0.1) is 5.92 Å². The molecule has 0 atom stereocenters. The lowest BCUT2D eigenvalue weighted by atomic mass is 10.1. The minimum absolute atomic E-state index is 0.0960. The molecule has 0 fully saturated rings. The molecule has 3 aromatic rings. The van der Waals surface area contributed by atoms with Crippen LogP contribution >= 0.6 is 0 Å². The second kappa shape index (κ2) is 7.40. The number of hydrogen-bond acceptors (Lipinski definition) is 1. The van der Waals surface area contributed by atoms with Gasteiger partial charge >= 0.3 is 0 Å². The molecule has 1 N–H and O–H groups in total. The van der Waals surface area contributed by atoms with Crippen molar-refractivity contribution < 1.29 is 4.79 Å². The van der Waals surface area contributed by atoms with Crippen molar-refractivity contribution in [2.75, 3.05) is 6.54 Å². The molecular formula is C24H21NO. The fourth-order valence-electron chi connectivity index (χ4n) is 3.44. The second-order valence-corrected chi connectivity index (χ2v) is 6.52. The minimum atomic E-state index is -0.143. The molecule has 0 saturated carbocycles. The lowest BCUT2D eigenvalue weighted by Crippen LogP contribution is -2.28. The molecule has 4 rings (SSSR count). The maximum Gasteiger partial charge on any atom is 0.232 e. The van der Waals surface area contributed by atoms with E-state index in [0.717, 1.165) is 28.7 Å². The Labute approximate surface area is 154 Å². The van der Waals surface area contributed by atoms with Crippen LogP contribution in [0.3, 0.4) is 0 Å². The van der Waals surface area contributed by atoms with Gasteiger partial charge in [0.1, 0.15) is 0 Å². The molecule has 2 nitrogen and oxygen atoms in total. The van der Waals surface area contributed by atoms with Gasteiger partial charge in [-0.15, -0.1) is 0 Å². The summed E-state index contributed by atoms with van der Waals surface area (Å²) in [5, 5.41) is 3.11. The quantitative estimate of drug-likeness (QED) is 0.699. The summed E-state index contributed by atoms with van der Waals surface area (Å²) < 4.78 is 0. The van der Waals surface area contributed by atoms with E-state index in [1.807, 2.05) is 54.6 Å². The number of hydrogen-bond donors (Lipinski definition) is 1. The molecule has 0 aromatic heterocycles.